The van der Waals surface area contributed by atoms with E-state index >= 15 is 0 Å². The molecule has 0 saturated carbocycles. The lowest BCUT2D eigenvalue weighted by atomic mass is 9.94. The van der Waals surface area contributed by atoms with Gasteiger partial charge in [0.05, 0.1) is 0 Å². The molecule has 0 bridgehead atoms. The first-order chi connectivity index (χ1) is 24.8. The van der Waals surface area contributed by atoms with Crippen LogP contribution < -0.4 is 4.90 Å². The van der Waals surface area contributed by atoms with E-state index in [4.69, 9.17) is 4.42 Å². The molecule has 0 N–H and O–H groups in total. The van der Waals surface area contributed by atoms with Gasteiger partial charge in [-0.05, 0) is 109 Å². The molecule has 10 aromatic rings. The normalized spacial score (nSPS) is 11.6. The molecule has 0 aliphatic heterocycles. The van der Waals surface area contributed by atoms with Crippen molar-refractivity contribution in [3.05, 3.63) is 188 Å². The molecular formula is C48H31NO. The molecule has 0 amide bonds. The van der Waals surface area contributed by atoms with Crippen molar-refractivity contribution < 1.29 is 4.42 Å². The Morgan fingerprint density at radius 1 is 0.260 bits per heavy atom. The van der Waals surface area contributed by atoms with Crippen LogP contribution in [0.25, 0.3) is 76.5 Å². The summed E-state index contributed by atoms with van der Waals surface area (Å²) < 4.78 is 6.38. The minimum atomic E-state index is 0.879. The summed E-state index contributed by atoms with van der Waals surface area (Å²) in [6, 6.07) is 67.5. The molecule has 0 aliphatic rings. The zero-order chi connectivity index (χ0) is 33.0. The van der Waals surface area contributed by atoms with Gasteiger partial charge in [0.15, 0.2) is 0 Å². The van der Waals surface area contributed by atoms with E-state index < -0.39 is 0 Å². The van der Waals surface area contributed by atoms with Gasteiger partial charge in [0.2, 0.25) is 0 Å². The smallest absolute Gasteiger partial charge is 0.135 e. The predicted molar refractivity (Wildman–Crippen MR) is 212 cm³/mol. The van der Waals surface area contributed by atoms with Gasteiger partial charge in [-0.3, -0.25) is 0 Å². The molecule has 2 heteroatoms. The zero-order valence-electron chi connectivity index (χ0n) is 27.3. The van der Waals surface area contributed by atoms with Gasteiger partial charge < -0.3 is 9.32 Å². The van der Waals surface area contributed by atoms with Gasteiger partial charge in [-0.1, -0.05) is 133 Å². The fourth-order valence-corrected chi connectivity index (χ4v) is 7.63. The van der Waals surface area contributed by atoms with Crippen LogP contribution in [0.5, 0.6) is 0 Å². The molecule has 0 spiro atoms. The molecule has 50 heavy (non-hydrogen) atoms. The van der Waals surface area contributed by atoms with Crippen LogP contribution >= 0.6 is 0 Å². The number of hydrogen-bond acceptors (Lipinski definition) is 2. The van der Waals surface area contributed by atoms with Crippen LogP contribution in [-0.4, -0.2) is 0 Å². The third-order valence-electron chi connectivity index (χ3n) is 10.0. The van der Waals surface area contributed by atoms with Crippen LogP contribution in [0.2, 0.25) is 0 Å². The highest BCUT2D eigenvalue weighted by molar-refractivity contribution is 6.25. The summed E-state index contributed by atoms with van der Waals surface area (Å²) >= 11 is 0. The maximum absolute atomic E-state index is 6.38. The van der Waals surface area contributed by atoms with Crippen molar-refractivity contribution in [2.75, 3.05) is 4.90 Å². The Labute approximate surface area is 290 Å². The molecule has 1 aromatic heterocycles. The number of fused-ring (bicyclic) bond motifs is 9. The molecule has 0 saturated heterocycles. The largest absolute Gasteiger partial charge is 0.456 e. The molecule has 2 nitrogen and oxygen atoms in total. The summed E-state index contributed by atoms with van der Waals surface area (Å²) in [5.41, 5.74) is 9.79. The third kappa shape index (κ3) is 4.65. The summed E-state index contributed by atoms with van der Waals surface area (Å²) in [5, 5.41) is 9.78. The van der Waals surface area contributed by atoms with Gasteiger partial charge >= 0.3 is 0 Å². The minimum Gasteiger partial charge on any atom is -0.456 e. The van der Waals surface area contributed by atoms with Gasteiger partial charge in [-0.2, -0.15) is 0 Å². The van der Waals surface area contributed by atoms with Crippen molar-refractivity contribution in [3.8, 4) is 22.3 Å². The summed E-state index contributed by atoms with van der Waals surface area (Å²) in [6.07, 6.45) is 0. The van der Waals surface area contributed by atoms with Crippen LogP contribution in [0.4, 0.5) is 17.1 Å². The minimum absolute atomic E-state index is 0.879. The molecule has 9 aromatic carbocycles. The number of benzene rings is 9. The Hall–Kier alpha value is -6.64. The van der Waals surface area contributed by atoms with Crippen molar-refractivity contribution in [1.82, 2.24) is 0 Å². The van der Waals surface area contributed by atoms with Crippen LogP contribution in [0.1, 0.15) is 0 Å². The number of rotatable bonds is 5. The quantitative estimate of drug-likeness (QED) is 0.175. The highest BCUT2D eigenvalue weighted by Crippen LogP contribution is 2.43. The third-order valence-corrected chi connectivity index (χ3v) is 10.0. The monoisotopic (exact) mass is 637 g/mol. The Bertz CT molecular complexity index is 2820. The lowest BCUT2D eigenvalue weighted by Crippen LogP contribution is -2.10. The topological polar surface area (TPSA) is 16.4 Å². The van der Waals surface area contributed by atoms with E-state index in [1.807, 2.05) is 0 Å². The van der Waals surface area contributed by atoms with Crippen molar-refractivity contribution in [2.45, 2.75) is 0 Å². The van der Waals surface area contributed by atoms with Gasteiger partial charge in [0, 0.05) is 27.8 Å². The van der Waals surface area contributed by atoms with E-state index in [0.717, 1.165) is 39.0 Å². The van der Waals surface area contributed by atoms with Gasteiger partial charge in [-0.25, -0.2) is 0 Å². The van der Waals surface area contributed by atoms with Crippen LogP contribution in [0, 0.1) is 0 Å². The first-order valence-electron chi connectivity index (χ1n) is 17.1. The van der Waals surface area contributed by atoms with E-state index in [0.29, 0.717) is 0 Å². The van der Waals surface area contributed by atoms with E-state index in [-0.39, 0.29) is 0 Å². The average Bonchev–Trinajstić information content (AvgIpc) is 3.56. The SMILES string of the molecule is c1ccc(-c2ccc(N(c3ccc4oc5ccc(-c6ccccc6)cc5c4c3)c3ccc4c5ccccc5c5ccccc5c4c3)cc2)cc1. The Balaban J connectivity index is 1.19. The maximum atomic E-state index is 6.38. The molecule has 10 rings (SSSR count). The van der Waals surface area contributed by atoms with Crippen LogP contribution in [0.3, 0.4) is 0 Å². The second-order valence-corrected chi connectivity index (χ2v) is 12.9. The standard InChI is InChI=1S/C48H31NO/c1-3-11-32(12-4-1)34-19-22-36(23-20-34)49(37-24-26-43-41-17-8-7-15-39(41)40-16-9-10-18-42(40)44(43)30-37)38-25-28-48-46(31-38)45-29-35(21-27-47(45)50-48)33-13-5-2-6-14-33/h1-31H. The van der Waals surface area contributed by atoms with Gasteiger partial charge in [0.25, 0.3) is 0 Å². The fourth-order valence-electron chi connectivity index (χ4n) is 7.63. The number of furan rings is 1. The first kappa shape index (κ1) is 28.4. The Morgan fingerprint density at radius 2 is 0.660 bits per heavy atom. The predicted octanol–water partition coefficient (Wildman–Crippen LogP) is 13.8. The Morgan fingerprint density at radius 3 is 1.28 bits per heavy atom. The number of anilines is 3. The lowest BCUT2D eigenvalue weighted by molar-refractivity contribution is 0.669. The van der Waals surface area contributed by atoms with Crippen molar-refractivity contribution in [1.29, 1.82) is 0 Å². The lowest BCUT2D eigenvalue weighted by Gasteiger charge is -2.26. The van der Waals surface area contributed by atoms with Crippen molar-refractivity contribution >= 4 is 71.3 Å². The number of hydrogen-bond donors (Lipinski definition) is 0. The molecule has 0 atom stereocenters. The zero-order valence-corrected chi connectivity index (χ0v) is 27.3. The highest BCUT2D eigenvalue weighted by atomic mass is 16.3. The fraction of sp³-hybridized carbons (Fsp3) is 0. The summed E-state index contributed by atoms with van der Waals surface area (Å²) in [5.74, 6) is 0. The molecule has 234 valence electrons. The van der Waals surface area contributed by atoms with E-state index in [1.165, 1.54) is 54.6 Å². The summed E-state index contributed by atoms with van der Waals surface area (Å²) in [4.78, 5) is 2.37. The van der Waals surface area contributed by atoms with Crippen molar-refractivity contribution in [3.63, 3.8) is 0 Å². The van der Waals surface area contributed by atoms with Gasteiger partial charge in [-0.15, -0.1) is 0 Å². The molecular weight excluding hydrogens is 607 g/mol. The Kier molecular flexibility index (Phi) is 6.53. The van der Waals surface area contributed by atoms with Crippen LogP contribution in [-0.2, 0) is 0 Å². The maximum Gasteiger partial charge on any atom is 0.135 e. The summed E-state index contributed by atoms with van der Waals surface area (Å²) in [7, 11) is 0. The first-order valence-corrected chi connectivity index (χ1v) is 17.1. The van der Waals surface area contributed by atoms with E-state index in [9.17, 15) is 0 Å². The molecule has 0 radical (unpaired) electrons. The number of nitrogens with zero attached hydrogens (tertiary/aromatic N) is 1. The second-order valence-electron chi connectivity index (χ2n) is 12.9. The van der Waals surface area contributed by atoms with E-state index in [2.05, 4.69) is 193 Å². The molecule has 0 fully saturated rings. The van der Waals surface area contributed by atoms with Gasteiger partial charge in [0.1, 0.15) is 11.2 Å². The summed E-state index contributed by atoms with van der Waals surface area (Å²) in [6.45, 7) is 0. The molecule has 0 aliphatic carbocycles. The molecule has 0 unspecified atom stereocenters. The highest BCUT2D eigenvalue weighted by Gasteiger charge is 2.18. The average molecular weight is 638 g/mol. The van der Waals surface area contributed by atoms with Crippen molar-refractivity contribution in [2.24, 2.45) is 0 Å². The second kappa shape index (κ2) is 11.5. The van der Waals surface area contributed by atoms with E-state index in [1.54, 1.807) is 0 Å². The van der Waals surface area contributed by atoms with Crippen LogP contribution in [0.15, 0.2) is 192 Å². The molecule has 1 heterocycles.